The van der Waals surface area contributed by atoms with Gasteiger partial charge in [-0.05, 0) is 35.9 Å². The number of hydrogen-bond donors (Lipinski definition) is 2. The molecule has 2 rings (SSSR count). The Bertz CT molecular complexity index is 996. The van der Waals surface area contributed by atoms with Gasteiger partial charge in [0.15, 0.2) is 18.2 Å². The smallest absolute Gasteiger partial charge is 0.422 e. The molecule has 1 amide bonds. The molecule has 0 saturated heterocycles. The van der Waals surface area contributed by atoms with E-state index in [9.17, 15) is 35.2 Å². The normalized spacial score (nSPS) is 11.9. The summed E-state index contributed by atoms with van der Waals surface area (Å²) in [6.45, 7) is -1.76. The van der Waals surface area contributed by atoms with Gasteiger partial charge in [-0.15, -0.1) is 0 Å². The lowest BCUT2D eigenvalue weighted by atomic mass is 10.2. The zero-order valence-electron chi connectivity index (χ0n) is 15.3. The molecular weight excluding hydrogens is 435 g/mol. The van der Waals surface area contributed by atoms with Crippen LogP contribution in [-0.4, -0.2) is 33.7 Å². The van der Waals surface area contributed by atoms with Gasteiger partial charge < -0.3 is 10.1 Å². The van der Waals surface area contributed by atoms with Crippen LogP contribution in [0.15, 0.2) is 47.4 Å². The summed E-state index contributed by atoms with van der Waals surface area (Å²) in [5.41, 5.74) is 0.477. The van der Waals surface area contributed by atoms with E-state index in [-0.39, 0.29) is 25.3 Å². The molecule has 2 N–H and O–H groups in total. The molecule has 0 unspecified atom stereocenters. The van der Waals surface area contributed by atoms with E-state index in [2.05, 4.69) is 14.8 Å². The third-order valence-electron chi connectivity index (χ3n) is 3.64. The minimum atomic E-state index is -4.47. The van der Waals surface area contributed by atoms with Gasteiger partial charge >= 0.3 is 6.18 Å². The van der Waals surface area contributed by atoms with Crippen molar-refractivity contribution in [1.82, 2.24) is 10.0 Å². The van der Waals surface area contributed by atoms with E-state index in [1.54, 1.807) is 6.07 Å². The van der Waals surface area contributed by atoms with Crippen molar-refractivity contribution >= 4 is 15.9 Å². The molecular formula is C18H17F5N2O4S. The van der Waals surface area contributed by atoms with E-state index in [4.69, 9.17) is 0 Å². The standard InChI is InChI=1S/C18H17F5N2O4S/c19-15-5-4-14(9-16(15)20)30(27,28)25-7-6-17(26)24-10-12-2-1-3-13(8-12)29-11-18(21,22)23/h1-5,8-9,25H,6-7,10-11H2,(H,24,26). The van der Waals surface area contributed by atoms with Crippen LogP contribution in [0.5, 0.6) is 5.75 Å². The van der Waals surface area contributed by atoms with Crippen LogP contribution in [-0.2, 0) is 21.4 Å². The van der Waals surface area contributed by atoms with Gasteiger partial charge in [-0.2, -0.15) is 13.2 Å². The van der Waals surface area contributed by atoms with Crippen molar-refractivity contribution in [1.29, 1.82) is 0 Å². The third-order valence-corrected chi connectivity index (χ3v) is 5.09. The summed E-state index contributed by atoms with van der Waals surface area (Å²) in [6, 6.07) is 7.76. The zero-order chi connectivity index (χ0) is 22.4. The number of carbonyl (C=O) groups excluding carboxylic acids is 1. The minimum absolute atomic E-state index is 0.0154. The molecule has 0 atom stereocenters. The summed E-state index contributed by atoms with van der Waals surface area (Å²) in [5, 5.41) is 2.48. The highest BCUT2D eigenvalue weighted by atomic mass is 32.2. The Morgan fingerprint density at radius 1 is 1.03 bits per heavy atom. The molecule has 6 nitrogen and oxygen atoms in total. The zero-order valence-corrected chi connectivity index (χ0v) is 16.1. The Morgan fingerprint density at radius 3 is 2.43 bits per heavy atom. The maximum atomic E-state index is 13.2. The van der Waals surface area contributed by atoms with Crippen molar-refractivity contribution in [2.24, 2.45) is 0 Å². The van der Waals surface area contributed by atoms with Crippen molar-refractivity contribution in [2.45, 2.75) is 24.0 Å². The van der Waals surface area contributed by atoms with Gasteiger partial charge in [-0.3, -0.25) is 4.79 Å². The van der Waals surface area contributed by atoms with E-state index < -0.39 is 45.2 Å². The Balaban J connectivity index is 1.80. The maximum Gasteiger partial charge on any atom is 0.422 e. The Kier molecular flexibility index (Phi) is 7.73. The predicted octanol–water partition coefficient (Wildman–Crippen LogP) is 2.89. The van der Waals surface area contributed by atoms with Crippen molar-refractivity contribution in [3.63, 3.8) is 0 Å². The monoisotopic (exact) mass is 452 g/mol. The first kappa shape index (κ1) is 23.5. The minimum Gasteiger partial charge on any atom is -0.484 e. The fourth-order valence-electron chi connectivity index (χ4n) is 2.23. The molecule has 0 radical (unpaired) electrons. The van der Waals surface area contributed by atoms with Gasteiger partial charge in [0.2, 0.25) is 15.9 Å². The predicted molar refractivity (Wildman–Crippen MR) is 96.0 cm³/mol. The van der Waals surface area contributed by atoms with E-state index in [0.29, 0.717) is 17.7 Å². The topological polar surface area (TPSA) is 84.5 Å². The number of sulfonamides is 1. The highest BCUT2D eigenvalue weighted by Gasteiger charge is 2.28. The number of amides is 1. The molecule has 0 aliphatic heterocycles. The second-order valence-electron chi connectivity index (χ2n) is 6.05. The molecule has 2 aromatic carbocycles. The second kappa shape index (κ2) is 9.85. The molecule has 0 aliphatic rings. The lowest BCUT2D eigenvalue weighted by molar-refractivity contribution is -0.153. The molecule has 0 spiro atoms. The quantitative estimate of drug-likeness (QED) is 0.573. The van der Waals surface area contributed by atoms with Gasteiger partial charge in [-0.25, -0.2) is 21.9 Å². The largest absolute Gasteiger partial charge is 0.484 e. The van der Waals surface area contributed by atoms with Crippen LogP contribution in [0.1, 0.15) is 12.0 Å². The number of alkyl halides is 3. The maximum absolute atomic E-state index is 13.2. The summed E-state index contributed by atoms with van der Waals surface area (Å²) < 4.78 is 93.3. The van der Waals surface area contributed by atoms with Crippen LogP contribution < -0.4 is 14.8 Å². The average molecular weight is 452 g/mol. The van der Waals surface area contributed by atoms with Gasteiger partial charge in [0.05, 0.1) is 4.90 Å². The molecule has 0 fully saturated rings. The van der Waals surface area contributed by atoms with E-state index in [1.165, 1.54) is 18.2 Å². The molecule has 0 bridgehead atoms. The van der Waals surface area contributed by atoms with Crippen LogP contribution in [0.2, 0.25) is 0 Å². The molecule has 12 heteroatoms. The Morgan fingerprint density at radius 2 is 1.77 bits per heavy atom. The van der Waals surface area contributed by atoms with Gasteiger partial charge in [0.1, 0.15) is 5.75 Å². The summed E-state index contributed by atoms with van der Waals surface area (Å²) in [4.78, 5) is 11.4. The summed E-state index contributed by atoms with van der Waals surface area (Å²) in [7, 11) is -4.13. The summed E-state index contributed by atoms with van der Waals surface area (Å²) in [6.07, 6.45) is -4.73. The highest BCUT2D eigenvalue weighted by Crippen LogP contribution is 2.19. The SMILES string of the molecule is O=C(CCNS(=O)(=O)c1ccc(F)c(F)c1)NCc1cccc(OCC(F)(F)F)c1. The van der Waals surface area contributed by atoms with E-state index >= 15 is 0 Å². The number of benzene rings is 2. The van der Waals surface area contributed by atoms with E-state index in [1.807, 2.05) is 0 Å². The Hall–Kier alpha value is -2.73. The average Bonchev–Trinajstić information content (AvgIpc) is 2.66. The van der Waals surface area contributed by atoms with Crippen LogP contribution in [0.25, 0.3) is 0 Å². The van der Waals surface area contributed by atoms with Crippen molar-refractivity contribution in [3.05, 3.63) is 59.7 Å². The highest BCUT2D eigenvalue weighted by molar-refractivity contribution is 7.89. The van der Waals surface area contributed by atoms with Gasteiger partial charge in [0.25, 0.3) is 0 Å². The van der Waals surface area contributed by atoms with Gasteiger partial charge in [0, 0.05) is 19.5 Å². The lowest BCUT2D eigenvalue weighted by Gasteiger charge is -2.11. The van der Waals surface area contributed by atoms with Crippen LogP contribution in [0.4, 0.5) is 22.0 Å². The number of halogens is 5. The van der Waals surface area contributed by atoms with Crippen molar-refractivity contribution < 1.29 is 39.9 Å². The third kappa shape index (κ3) is 7.59. The summed E-state index contributed by atoms with van der Waals surface area (Å²) in [5.74, 6) is -3.07. The first-order valence-corrected chi connectivity index (χ1v) is 9.94. The van der Waals surface area contributed by atoms with Gasteiger partial charge in [-0.1, -0.05) is 12.1 Å². The van der Waals surface area contributed by atoms with Crippen LogP contribution >= 0.6 is 0 Å². The summed E-state index contributed by atoms with van der Waals surface area (Å²) >= 11 is 0. The number of ether oxygens (including phenoxy) is 1. The molecule has 0 saturated carbocycles. The lowest BCUT2D eigenvalue weighted by Crippen LogP contribution is -2.30. The molecule has 30 heavy (non-hydrogen) atoms. The first-order chi connectivity index (χ1) is 14.0. The van der Waals surface area contributed by atoms with Crippen molar-refractivity contribution in [3.8, 4) is 5.75 Å². The Labute approximate surface area is 169 Å². The van der Waals surface area contributed by atoms with E-state index in [0.717, 1.165) is 6.07 Å². The second-order valence-corrected chi connectivity index (χ2v) is 7.82. The first-order valence-electron chi connectivity index (χ1n) is 8.46. The molecule has 164 valence electrons. The van der Waals surface area contributed by atoms with Crippen molar-refractivity contribution in [2.75, 3.05) is 13.2 Å². The number of hydrogen-bond acceptors (Lipinski definition) is 4. The fraction of sp³-hybridized carbons (Fsp3) is 0.278. The van der Waals surface area contributed by atoms with Crippen LogP contribution in [0.3, 0.4) is 0 Å². The molecule has 0 aliphatic carbocycles. The fourth-order valence-corrected chi connectivity index (χ4v) is 3.27. The number of rotatable bonds is 9. The molecule has 0 aromatic heterocycles. The number of carbonyl (C=O) groups is 1. The molecule has 2 aromatic rings. The molecule has 0 heterocycles. The number of nitrogens with one attached hydrogen (secondary N) is 2. The van der Waals surface area contributed by atoms with Crippen LogP contribution in [0, 0.1) is 11.6 Å².